The summed E-state index contributed by atoms with van der Waals surface area (Å²) in [5.74, 6) is 0.406. The van der Waals surface area contributed by atoms with Gasteiger partial charge in [0.15, 0.2) is 0 Å². The second-order valence-corrected chi connectivity index (χ2v) is 6.62. The molecule has 88 valence electrons. The van der Waals surface area contributed by atoms with E-state index >= 15 is 0 Å². The molecule has 2 atom stereocenters. The lowest BCUT2D eigenvalue weighted by Crippen LogP contribution is -2.39. The molecule has 1 rings (SSSR count). The molecule has 1 heterocycles. The molecule has 2 unspecified atom stereocenters. The zero-order valence-electron chi connectivity index (χ0n) is 9.33. The predicted molar refractivity (Wildman–Crippen MR) is 63.6 cm³/mol. The van der Waals surface area contributed by atoms with Gasteiger partial charge in [-0.15, -0.1) is 10.5 Å². The number of carbonyl (C=O) groups excluding carboxylic acids is 1. The Balaban J connectivity index is 2.73. The number of hydrogen-bond donors (Lipinski definition) is 4. The van der Waals surface area contributed by atoms with Crippen molar-refractivity contribution in [1.82, 2.24) is 10.6 Å². The third-order valence-electron chi connectivity index (χ3n) is 2.05. The van der Waals surface area contributed by atoms with Crippen molar-refractivity contribution in [2.45, 2.75) is 31.8 Å². The highest BCUT2D eigenvalue weighted by Crippen LogP contribution is 2.22. The van der Waals surface area contributed by atoms with Gasteiger partial charge in [-0.25, -0.2) is 0 Å². The molecule has 0 radical (unpaired) electrons. The molecule has 0 aliphatic carbocycles. The highest BCUT2D eigenvalue weighted by molar-refractivity contribution is 8.17. The van der Waals surface area contributed by atoms with Gasteiger partial charge in [-0.05, 0) is 20.8 Å². The van der Waals surface area contributed by atoms with Gasteiger partial charge in [-0.2, -0.15) is 0 Å². The molecule has 0 saturated carbocycles. The van der Waals surface area contributed by atoms with Crippen molar-refractivity contribution >= 4 is 21.3 Å². The first-order valence-electron chi connectivity index (χ1n) is 4.83. The molecule has 0 aromatic heterocycles. The maximum absolute atomic E-state index is 11.3. The molecule has 1 aliphatic heterocycles. The predicted octanol–water partition coefficient (Wildman–Crippen LogP) is -0.862. The number of nitrogens with one attached hydrogen (secondary N) is 2. The fraction of sp³-hybridized carbons (Fsp3) is 0.778. The maximum atomic E-state index is 11.3. The summed E-state index contributed by atoms with van der Waals surface area (Å²) in [6, 6.07) is 0. The van der Waals surface area contributed by atoms with Crippen LogP contribution in [0.25, 0.3) is 0 Å². The molecular weight excluding hydrogens is 214 g/mol. The monoisotopic (exact) mass is 233 g/mol. The van der Waals surface area contributed by atoms with Crippen LogP contribution >= 0.6 is 10.5 Å². The van der Waals surface area contributed by atoms with Crippen LogP contribution in [0.2, 0.25) is 0 Å². The van der Waals surface area contributed by atoms with Gasteiger partial charge >= 0.3 is 0 Å². The van der Waals surface area contributed by atoms with Crippen molar-refractivity contribution in [3.63, 3.8) is 0 Å². The van der Waals surface area contributed by atoms with Gasteiger partial charge in [0.05, 0.1) is 11.5 Å². The van der Waals surface area contributed by atoms with Crippen LogP contribution in [0.3, 0.4) is 0 Å². The summed E-state index contributed by atoms with van der Waals surface area (Å²) >= 11 is 0. The van der Waals surface area contributed by atoms with E-state index in [9.17, 15) is 4.79 Å². The van der Waals surface area contributed by atoms with Gasteiger partial charge in [0.1, 0.15) is 5.50 Å². The van der Waals surface area contributed by atoms with Crippen LogP contribution in [0.5, 0.6) is 0 Å². The van der Waals surface area contributed by atoms with E-state index in [2.05, 4.69) is 10.6 Å². The van der Waals surface area contributed by atoms with Crippen LogP contribution in [-0.2, 0) is 4.79 Å². The Morgan fingerprint density at radius 2 is 2.20 bits per heavy atom. The molecule has 0 fully saturated rings. The number of rotatable bonds is 3. The van der Waals surface area contributed by atoms with Crippen molar-refractivity contribution in [1.29, 1.82) is 0 Å². The van der Waals surface area contributed by atoms with Crippen LogP contribution in [0.1, 0.15) is 20.8 Å². The zero-order chi connectivity index (χ0) is 11.6. The Morgan fingerprint density at radius 3 is 2.67 bits per heavy atom. The lowest BCUT2D eigenvalue weighted by Gasteiger charge is -2.23. The SMILES string of the molecule is CC(C)(C)NCS1=C(CO)C(=O)NC1N. The summed E-state index contributed by atoms with van der Waals surface area (Å²) in [5, 5.41) is 15.0. The molecule has 5 N–H and O–H groups in total. The summed E-state index contributed by atoms with van der Waals surface area (Å²) in [6.45, 7) is 5.93. The van der Waals surface area contributed by atoms with Crippen molar-refractivity contribution in [2.24, 2.45) is 5.73 Å². The van der Waals surface area contributed by atoms with Gasteiger partial charge in [0.2, 0.25) is 0 Å². The average Bonchev–Trinajstić information content (AvgIpc) is 2.35. The molecule has 5 nitrogen and oxygen atoms in total. The quantitative estimate of drug-likeness (QED) is 0.478. The standard InChI is InChI=1S/C9H19N3O2S/c1-9(2,3)11-5-15-6(4-13)7(14)12-8(15)10/h8,11,13H,4-5,10H2,1-3H3,(H,12,14). The van der Waals surface area contributed by atoms with E-state index in [1.165, 1.54) is 0 Å². The first-order chi connectivity index (χ1) is 6.85. The van der Waals surface area contributed by atoms with E-state index in [4.69, 9.17) is 10.8 Å². The lowest BCUT2D eigenvalue weighted by atomic mass is 10.1. The van der Waals surface area contributed by atoms with Gasteiger partial charge in [0.25, 0.3) is 5.91 Å². The van der Waals surface area contributed by atoms with E-state index in [0.717, 1.165) is 0 Å². The molecule has 0 bridgehead atoms. The maximum Gasteiger partial charge on any atom is 0.257 e. The summed E-state index contributed by atoms with van der Waals surface area (Å²) in [6.07, 6.45) is 0. The van der Waals surface area contributed by atoms with Gasteiger partial charge in [-0.3, -0.25) is 4.79 Å². The van der Waals surface area contributed by atoms with Crippen molar-refractivity contribution in [3.05, 3.63) is 0 Å². The summed E-state index contributed by atoms with van der Waals surface area (Å²) in [4.78, 5) is 11.8. The topological polar surface area (TPSA) is 87.4 Å². The first-order valence-corrected chi connectivity index (χ1v) is 6.28. The van der Waals surface area contributed by atoms with Crippen LogP contribution in [0, 0.1) is 0 Å². The Hall–Kier alpha value is -0.430. The number of nitrogens with two attached hydrogens (primary N) is 1. The second kappa shape index (κ2) is 4.61. The fourth-order valence-electron chi connectivity index (χ4n) is 1.18. The van der Waals surface area contributed by atoms with Crippen LogP contribution in [0.4, 0.5) is 0 Å². The van der Waals surface area contributed by atoms with E-state index in [-0.39, 0.29) is 23.6 Å². The Bertz CT molecular complexity index is 296. The summed E-state index contributed by atoms with van der Waals surface area (Å²) in [5.41, 5.74) is 5.39. The smallest absolute Gasteiger partial charge is 0.257 e. The first kappa shape index (κ1) is 12.6. The Morgan fingerprint density at radius 1 is 1.60 bits per heavy atom. The number of aliphatic hydroxyl groups excluding tert-OH is 1. The van der Waals surface area contributed by atoms with Crippen LogP contribution in [-0.4, -0.2) is 39.4 Å². The number of aliphatic hydroxyl groups is 1. The minimum Gasteiger partial charge on any atom is -0.391 e. The van der Waals surface area contributed by atoms with E-state index in [1.807, 2.05) is 20.8 Å². The molecule has 0 saturated heterocycles. The molecule has 0 aromatic carbocycles. The van der Waals surface area contributed by atoms with Crippen LogP contribution < -0.4 is 16.4 Å². The Labute approximate surface area is 92.3 Å². The molecule has 6 heteroatoms. The molecule has 1 amide bonds. The normalized spacial score (nSPS) is 27.0. The molecule has 0 spiro atoms. The molecule has 1 aliphatic rings. The third kappa shape index (κ3) is 3.27. The minimum atomic E-state index is -0.414. The second-order valence-electron chi connectivity index (χ2n) is 4.48. The molecule has 15 heavy (non-hydrogen) atoms. The fourth-order valence-corrected chi connectivity index (χ4v) is 3.14. The van der Waals surface area contributed by atoms with Crippen LogP contribution in [0.15, 0.2) is 0 Å². The summed E-state index contributed by atoms with van der Waals surface area (Å²) < 4.78 is 0. The minimum absolute atomic E-state index is 0.0150. The van der Waals surface area contributed by atoms with E-state index in [0.29, 0.717) is 10.7 Å². The lowest BCUT2D eigenvalue weighted by molar-refractivity contribution is -0.114. The molecule has 0 aromatic rings. The Kier molecular flexibility index (Phi) is 3.88. The van der Waals surface area contributed by atoms with Gasteiger partial charge in [-0.1, -0.05) is 0 Å². The van der Waals surface area contributed by atoms with Crippen molar-refractivity contribution < 1.29 is 9.90 Å². The zero-order valence-corrected chi connectivity index (χ0v) is 10.1. The van der Waals surface area contributed by atoms with E-state index in [1.54, 1.807) is 0 Å². The van der Waals surface area contributed by atoms with E-state index < -0.39 is 10.5 Å². The van der Waals surface area contributed by atoms with Crippen molar-refractivity contribution in [2.75, 3.05) is 12.5 Å². The number of hydrogen-bond acceptors (Lipinski definition) is 4. The van der Waals surface area contributed by atoms with Gasteiger partial charge in [0, 0.05) is 11.4 Å². The summed E-state index contributed by atoms with van der Waals surface area (Å²) in [7, 11) is -0.414. The number of amides is 1. The highest BCUT2D eigenvalue weighted by atomic mass is 32.2. The third-order valence-corrected chi connectivity index (χ3v) is 4.18. The largest absolute Gasteiger partial charge is 0.391 e. The number of carbonyl (C=O) groups is 1. The molecular formula is C9H19N3O2S. The average molecular weight is 233 g/mol. The van der Waals surface area contributed by atoms with Gasteiger partial charge < -0.3 is 21.5 Å². The highest BCUT2D eigenvalue weighted by Gasteiger charge is 2.27. The van der Waals surface area contributed by atoms with Crippen molar-refractivity contribution in [3.8, 4) is 0 Å².